The Morgan fingerprint density at radius 2 is 1.15 bits per heavy atom. The Bertz CT molecular complexity index is 1220. The minimum Gasteiger partial charge on any atom is -0.0876 e. The highest BCUT2D eigenvalue weighted by Crippen LogP contribution is 2.65. The lowest BCUT2D eigenvalue weighted by molar-refractivity contribution is 1.03. The van der Waals surface area contributed by atoms with Crippen LogP contribution in [0.1, 0.15) is 17.5 Å². The number of halogens is 1. The lowest BCUT2D eigenvalue weighted by Crippen LogP contribution is -2.32. The fourth-order valence-corrected chi connectivity index (χ4v) is 10.1. The van der Waals surface area contributed by atoms with E-state index in [1.165, 1.54) is 32.9 Å². The molecule has 168 valence electrons. The monoisotopic (exact) mass is 523 g/mol. The Balaban J connectivity index is 1.57. The fourth-order valence-electron chi connectivity index (χ4n) is 4.99. The minimum absolute atomic E-state index is 0.499. The molecule has 0 amide bonds. The Hall–Kier alpha value is -2.73. The smallest absolute Gasteiger partial charge is 0.0876 e. The van der Waals surface area contributed by atoms with Crippen molar-refractivity contribution < 1.29 is 0 Å². The molecular formula is C32H29BrP+. The molecule has 0 heterocycles. The van der Waals surface area contributed by atoms with Crippen molar-refractivity contribution in [3.8, 4) is 11.1 Å². The molecule has 0 fully saturated rings. The molecule has 0 saturated carbocycles. The Morgan fingerprint density at radius 3 is 1.62 bits per heavy atom. The SMILES string of the molecule is BrCc1ccc(-c2ccc(C[P+](c3ccccc3)(c3ccccc3)C3C=CC=CC3)cc2)cc1. The standard InChI is InChI=1S/C32H29BrP/c33-24-26-16-20-28(21-17-26)29-22-18-27(19-23-29)25-34(30-10-4-1-5-11-30,31-12-6-2-7-13-31)32-14-8-3-9-15-32/h1-14,16-23,32H,15,24-25H2/q+1. The molecule has 1 aliphatic carbocycles. The molecule has 1 unspecified atom stereocenters. The van der Waals surface area contributed by atoms with Gasteiger partial charge in [0, 0.05) is 11.8 Å². The third kappa shape index (κ3) is 4.74. The van der Waals surface area contributed by atoms with E-state index in [1.54, 1.807) is 0 Å². The van der Waals surface area contributed by atoms with Crippen molar-refractivity contribution in [1.82, 2.24) is 0 Å². The molecule has 1 atom stereocenters. The zero-order chi connectivity index (χ0) is 23.2. The molecule has 5 rings (SSSR count). The summed E-state index contributed by atoms with van der Waals surface area (Å²) in [6.07, 6.45) is 11.4. The van der Waals surface area contributed by atoms with Gasteiger partial charge in [-0.1, -0.05) is 119 Å². The molecule has 4 aromatic rings. The van der Waals surface area contributed by atoms with Crippen LogP contribution in [-0.4, -0.2) is 5.66 Å². The van der Waals surface area contributed by atoms with Crippen molar-refractivity contribution in [2.24, 2.45) is 0 Å². The Morgan fingerprint density at radius 1 is 0.618 bits per heavy atom. The first kappa shape index (κ1) is 23.0. The summed E-state index contributed by atoms with van der Waals surface area (Å²) in [6, 6.07) is 40.6. The van der Waals surface area contributed by atoms with E-state index in [-0.39, 0.29) is 0 Å². The highest BCUT2D eigenvalue weighted by Gasteiger charge is 2.48. The van der Waals surface area contributed by atoms with E-state index >= 15 is 0 Å². The predicted molar refractivity (Wildman–Crippen MR) is 154 cm³/mol. The van der Waals surface area contributed by atoms with Crippen LogP contribution in [0.3, 0.4) is 0 Å². The van der Waals surface area contributed by atoms with Gasteiger partial charge in [0.25, 0.3) is 0 Å². The average Bonchev–Trinajstić information content (AvgIpc) is 2.94. The van der Waals surface area contributed by atoms with E-state index in [0.717, 1.165) is 17.9 Å². The summed E-state index contributed by atoms with van der Waals surface area (Å²) in [5.41, 5.74) is 5.75. The third-order valence-electron chi connectivity index (χ3n) is 6.79. The van der Waals surface area contributed by atoms with Gasteiger partial charge < -0.3 is 0 Å². The van der Waals surface area contributed by atoms with Crippen molar-refractivity contribution in [1.29, 1.82) is 0 Å². The van der Waals surface area contributed by atoms with E-state index in [0.29, 0.717) is 5.66 Å². The fraction of sp³-hybridized carbons (Fsp3) is 0.125. The number of hydrogen-bond acceptors (Lipinski definition) is 0. The van der Waals surface area contributed by atoms with Crippen molar-refractivity contribution in [2.75, 3.05) is 0 Å². The highest BCUT2D eigenvalue weighted by atomic mass is 79.9. The molecule has 0 aromatic heterocycles. The summed E-state index contributed by atoms with van der Waals surface area (Å²) in [5, 5.41) is 3.86. The number of hydrogen-bond donors (Lipinski definition) is 0. The Kier molecular flexibility index (Phi) is 7.24. The maximum Gasteiger partial charge on any atom is 0.101 e. The van der Waals surface area contributed by atoms with Gasteiger partial charge in [-0.2, -0.15) is 0 Å². The van der Waals surface area contributed by atoms with Gasteiger partial charge in [-0.3, -0.25) is 0 Å². The first-order valence-corrected chi connectivity index (χ1v) is 15.0. The quantitative estimate of drug-likeness (QED) is 0.169. The van der Waals surface area contributed by atoms with Gasteiger partial charge in [-0.25, -0.2) is 0 Å². The summed E-state index contributed by atoms with van der Waals surface area (Å²) in [5.74, 6) is 0. The van der Waals surface area contributed by atoms with Gasteiger partial charge in [-0.15, -0.1) is 0 Å². The lowest BCUT2D eigenvalue weighted by Gasteiger charge is -2.34. The second kappa shape index (κ2) is 10.7. The highest BCUT2D eigenvalue weighted by molar-refractivity contribution is 9.08. The van der Waals surface area contributed by atoms with E-state index < -0.39 is 7.26 Å². The Labute approximate surface area is 212 Å². The van der Waals surface area contributed by atoms with Gasteiger partial charge in [-0.05, 0) is 52.6 Å². The van der Waals surface area contributed by atoms with E-state index in [9.17, 15) is 0 Å². The molecule has 1 aliphatic rings. The minimum atomic E-state index is -1.74. The van der Waals surface area contributed by atoms with E-state index in [2.05, 4.69) is 149 Å². The first-order chi connectivity index (χ1) is 16.8. The summed E-state index contributed by atoms with van der Waals surface area (Å²) < 4.78 is 0. The molecule has 2 heteroatoms. The average molecular weight is 524 g/mol. The summed E-state index contributed by atoms with van der Waals surface area (Å²) >= 11 is 3.54. The van der Waals surface area contributed by atoms with Crippen LogP contribution in [0.5, 0.6) is 0 Å². The van der Waals surface area contributed by atoms with Gasteiger partial charge in [0.1, 0.15) is 16.3 Å². The zero-order valence-electron chi connectivity index (χ0n) is 19.2. The number of alkyl halides is 1. The molecule has 4 aromatic carbocycles. The van der Waals surface area contributed by atoms with Crippen LogP contribution in [0.25, 0.3) is 11.1 Å². The van der Waals surface area contributed by atoms with Crippen LogP contribution in [0.15, 0.2) is 133 Å². The molecule has 0 radical (unpaired) electrons. The normalized spacial score (nSPS) is 15.4. The molecule has 0 nitrogen and oxygen atoms in total. The molecular weight excluding hydrogens is 495 g/mol. The van der Waals surface area contributed by atoms with Crippen LogP contribution in [-0.2, 0) is 11.5 Å². The summed E-state index contributed by atoms with van der Waals surface area (Å²) in [4.78, 5) is 0. The van der Waals surface area contributed by atoms with E-state index in [1.807, 2.05) is 0 Å². The first-order valence-electron chi connectivity index (χ1n) is 11.9. The van der Waals surface area contributed by atoms with Crippen molar-refractivity contribution >= 4 is 33.8 Å². The van der Waals surface area contributed by atoms with Crippen LogP contribution >= 0.6 is 23.2 Å². The van der Waals surface area contributed by atoms with Crippen LogP contribution in [0, 0.1) is 0 Å². The van der Waals surface area contributed by atoms with Crippen molar-refractivity contribution in [2.45, 2.75) is 23.6 Å². The topological polar surface area (TPSA) is 0 Å². The van der Waals surface area contributed by atoms with Gasteiger partial charge in [0.05, 0.1) is 13.4 Å². The third-order valence-corrected chi connectivity index (χ3v) is 12.3. The van der Waals surface area contributed by atoms with Crippen molar-refractivity contribution in [3.63, 3.8) is 0 Å². The van der Waals surface area contributed by atoms with Crippen LogP contribution in [0.2, 0.25) is 0 Å². The molecule has 0 saturated heterocycles. The predicted octanol–water partition coefficient (Wildman–Crippen LogP) is 8.30. The zero-order valence-corrected chi connectivity index (χ0v) is 21.7. The maximum absolute atomic E-state index is 3.54. The second-order valence-electron chi connectivity index (χ2n) is 8.84. The van der Waals surface area contributed by atoms with Crippen molar-refractivity contribution in [3.05, 3.63) is 145 Å². The molecule has 0 bridgehead atoms. The largest absolute Gasteiger partial charge is 0.101 e. The van der Waals surface area contributed by atoms with Gasteiger partial charge >= 0.3 is 0 Å². The van der Waals surface area contributed by atoms with Gasteiger partial charge in [0.2, 0.25) is 0 Å². The lowest BCUT2D eigenvalue weighted by atomic mass is 10.0. The second-order valence-corrected chi connectivity index (χ2v) is 13.2. The van der Waals surface area contributed by atoms with E-state index in [4.69, 9.17) is 0 Å². The maximum atomic E-state index is 3.54. The summed E-state index contributed by atoms with van der Waals surface area (Å²) in [7, 11) is -1.74. The summed E-state index contributed by atoms with van der Waals surface area (Å²) in [6.45, 7) is 0. The molecule has 34 heavy (non-hydrogen) atoms. The molecule has 0 spiro atoms. The van der Waals surface area contributed by atoms with Crippen LogP contribution in [0.4, 0.5) is 0 Å². The number of rotatable bonds is 7. The number of allylic oxidation sites excluding steroid dienone is 4. The number of benzene rings is 4. The van der Waals surface area contributed by atoms with Gasteiger partial charge in [0.15, 0.2) is 0 Å². The molecule has 0 N–H and O–H groups in total. The molecule has 0 aliphatic heterocycles. The van der Waals surface area contributed by atoms with Crippen LogP contribution < -0.4 is 10.6 Å².